The molecule has 1 aliphatic rings. The number of nitrogens with zero attached hydrogens (tertiary/aromatic N) is 2. The molecule has 1 saturated heterocycles. The molecule has 3 rings (SSSR count). The second-order valence-corrected chi connectivity index (χ2v) is 6.48. The molecule has 0 spiro atoms. The lowest BCUT2D eigenvalue weighted by atomic mass is 10.1. The van der Waals surface area contributed by atoms with Crippen LogP contribution in [0, 0.1) is 0 Å². The van der Waals surface area contributed by atoms with Crippen molar-refractivity contribution in [1.82, 2.24) is 4.98 Å². The van der Waals surface area contributed by atoms with Gasteiger partial charge in [-0.15, -0.1) is 0 Å². The zero-order valence-electron chi connectivity index (χ0n) is 11.0. The largest absolute Gasteiger partial charge is 0.390 e. The van der Waals surface area contributed by atoms with Gasteiger partial charge in [0.1, 0.15) is 0 Å². The Morgan fingerprint density at radius 3 is 3.05 bits per heavy atom. The fourth-order valence-electron chi connectivity index (χ4n) is 2.59. The van der Waals surface area contributed by atoms with Crippen LogP contribution in [0.15, 0.2) is 30.3 Å². The first kappa shape index (κ1) is 12.8. The van der Waals surface area contributed by atoms with Gasteiger partial charge in [-0.05, 0) is 12.1 Å². The molecule has 1 N–H and O–H groups in total. The highest BCUT2D eigenvalue weighted by molar-refractivity contribution is 8.00. The van der Waals surface area contributed by atoms with Gasteiger partial charge < -0.3 is 10.0 Å². The summed E-state index contributed by atoms with van der Waals surface area (Å²) in [5, 5.41) is 11.2. The molecule has 0 radical (unpaired) electrons. The Morgan fingerprint density at radius 2 is 2.26 bits per heavy atom. The molecular formula is C15H18N2OS. The van der Waals surface area contributed by atoms with Crippen LogP contribution >= 0.6 is 11.8 Å². The maximum atomic E-state index is 9.39. The Morgan fingerprint density at radius 1 is 1.42 bits per heavy atom. The number of aromatic nitrogens is 1. The van der Waals surface area contributed by atoms with Gasteiger partial charge in [-0.2, -0.15) is 11.8 Å². The van der Waals surface area contributed by atoms with Gasteiger partial charge in [-0.1, -0.05) is 25.1 Å². The molecule has 2 aromatic rings. The van der Waals surface area contributed by atoms with E-state index in [9.17, 15) is 5.11 Å². The fraction of sp³-hybridized carbons (Fsp3) is 0.400. The van der Waals surface area contributed by atoms with E-state index in [1.165, 1.54) is 11.1 Å². The number of fused-ring (bicyclic) bond motifs is 1. The molecule has 1 aromatic carbocycles. The first-order valence-corrected chi connectivity index (χ1v) is 7.69. The number of pyridine rings is 1. The van der Waals surface area contributed by atoms with Crippen molar-refractivity contribution in [3.63, 3.8) is 0 Å². The summed E-state index contributed by atoms with van der Waals surface area (Å²) >= 11 is 2.03. The Bertz CT molecular complexity index is 587. The first-order valence-electron chi connectivity index (χ1n) is 6.64. The van der Waals surface area contributed by atoms with Crippen LogP contribution in [0.5, 0.6) is 0 Å². The molecule has 2 heterocycles. The summed E-state index contributed by atoms with van der Waals surface area (Å²) in [5.41, 5.74) is 2.93. The van der Waals surface area contributed by atoms with Crippen LogP contribution in [0.4, 0.5) is 5.69 Å². The molecule has 19 heavy (non-hydrogen) atoms. The number of hydrogen-bond donors (Lipinski definition) is 1. The van der Waals surface area contributed by atoms with E-state index in [1.807, 2.05) is 36.0 Å². The highest BCUT2D eigenvalue weighted by atomic mass is 32.2. The van der Waals surface area contributed by atoms with Crippen LogP contribution in [-0.2, 0) is 6.61 Å². The van der Waals surface area contributed by atoms with E-state index in [4.69, 9.17) is 0 Å². The number of para-hydroxylation sites is 1. The molecule has 4 heteroatoms. The highest BCUT2D eigenvalue weighted by Gasteiger charge is 2.19. The van der Waals surface area contributed by atoms with E-state index < -0.39 is 0 Å². The molecule has 1 aromatic heterocycles. The summed E-state index contributed by atoms with van der Waals surface area (Å²) in [4.78, 5) is 6.91. The molecule has 3 nitrogen and oxygen atoms in total. The van der Waals surface area contributed by atoms with Gasteiger partial charge in [0.15, 0.2) is 0 Å². The van der Waals surface area contributed by atoms with Crippen molar-refractivity contribution in [2.24, 2.45) is 0 Å². The Kier molecular flexibility index (Phi) is 3.62. The van der Waals surface area contributed by atoms with Crippen molar-refractivity contribution in [2.45, 2.75) is 18.8 Å². The summed E-state index contributed by atoms with van der Waals surface area (Å²) in [6.45, 7) is 4.39. The normalized spacial score (nSPS) is 19.9. The van der Waals surface area contributed by atoms with Gasteiger partial charge in [0.25, 0.3) is 0 Å². The summed E-state index contributed by atoms with van der Waals surface area (Å²) in [5.74, 6) is 1.16. The third kappa shape index (κ3) is 2.55. The zero-order chi connectivity index (χ0) is 13.2. The highest BCUT2D eigenvalue weighted by Crippen LogP contribution is 2.30. The number of anilines is 1. The SMILES string of the molecule is CC1CN(c2cc(CO)nc3ccccc23)CCS1. The number of benzene rings is 1. The van der Waals surface area contributed by atoms with Crippen molar-refractivity contribution in [3.05, 3.63) is 36.0 Å². The van der Waals surface area contributed by atoms with Crippen molar-refractivity contribution in [2.75, 3.05) is 23.7 Å². The van der Waals surface area contributed by atoms with Gasteiger partial charge in [0.05, 0.1) is 17.8 Å². The van der Waals surface area contributed by atoms with E-state index in [0.717, 1.165) is 30.1 Å². The van der Waals surface area contributed by atoms with Crippen LogP contribution in [0.1, 0.15) is 12.6 Å². The first-order chi connectivity index (χ1) is 9.28. The van der Waals surface area contributed by atoms with Crippen LogP contribution in [-0.4, -0.2) is 34.2 Å². The van der Waals surface area contributed by atoms with E-state index in [0.29, 0.717) is 5.25 Å². The molecule has 1 unspecified atom stereocenters. The minimum atomic E-state index is -0.00399. The summed E-state index contributed by atoms with van der Waals surface area (Å²) in [6, 6.07) is 10.2. The number of aliphatic hydroxyl groups excluding tert-OH is 1. The standard InChI is InChI=1S/C15H18N2OS/c1-11-9-17(6-7-19-11)15-8-12(10-18)16-14-5-3-2-4-13(14)15/h2-5,8,11,18H,6-7,9-10H2,1H3. The Labute approximate surface area is 117 Å². The minimum absolute atomic E-state index is 0.00399. The van der Waals surface area contributed by atoms with E-state index >= 15 is 0 Å². The van der Waals surface area contributed by atoms with Gasteiger partial charge in [-0.25, -0.2) is 0 Å². The lowest BCUT2D eigenvalue weighted by molar-refractivity contribution is 0.277. The smallest absolute Gasteiger partial charge is 0.0854 e. The predicted molar refractivity (Wildman–Crippen MR) is 81.8 cm³/mol. The van der Waals surface area contributed by atoms with E-state index in [2.05, 4.69) is 22.9 Å². The minimum Gasteiger partial charge on any atom is -0.390 e. The lowest BCUT2D eigenvalue weighted by Gasteiger charge is -2.33. The topological polar surface area (TPSA) is 36.4 Å². The number of hydrogen-bond acceptors (Lipinski definition) is 4. The monoisotopic (exact) mass is 274 g/mol. The number of aliphatic hydroxyl groups is 1. The molecule has 100 valence electrons. The average Bonchev–Trinajstić information content (AvgIpc) is 2.46. The maximum absolute atomic E-state index is 9.39. The summed E-state index contributed by atoms with van der Waals surface area (Å²) < 4.78 is 0. The quantitative estimate of drug-likeness (QED) is 0.913. The van der Waals surface area contributed by atoms with E-state index in [-0.39, 0.29) is 6.61 Å². The van der Waals surface area contributed by atoms with E-state index in [1.54, 1.807) is 0 Å². The number of rotatable bonds is 2. The molecule has 0 bridgehead atoms. The number of thioether (sulfide) groups is 1. The molecule has 1 atom stereocenters. The molecular weight excluding hydrogens is 256 g/mol. The third-order valence-corrected chi connectivity index (χ3v) is 4.63. The predicted octanol–water partition coefficient (Wildman–Crippen LogP) is 2.67. The molecule has 1 aliphatic heterocycles. The van der Waals surface area contributed by atoms with Crippen LogP contribution in [0.25, 0.3) is 10.9 Å². The van der Waals surface area contributed by atoms with Crippen LogP contribution < -0.4 is 4.90 Å². The second kappa shape index (κ2) is 5.39. The summed E-state index contributed by atoms with van der Waals surface area (Å²) in [6.07, 6.45) is 0. The van der Waals surface area contributed by atoms with Gasteiger partial charge in [0, 0.05) is 35.2 Å². The lowest BCUT2D eigenvalue weighted by Crippen LogP contribution is -2.36. The average molecular weight is 274 g/mol. The van der Waals surface area contributed by atoms with Crippen molar-refractivity contribution in [3.8, 4) is 0 Å². The van der Waals surface area contributed by atoms with Crippen molar-refractivity contribution in [1.29, 1.82) is 0 Å². The van der Waals surface area contributed by atoms with Crippen LogP contribution in [0.3, 0.4) is 0 Å². The van der Waals surface area contributed by atoms with Gasteiger partial charge in [-0.3, -0.25) is 4.98 Å². The fourth-order valence-corrected chi connectivity index (χ4v) is 3.60. The van der Waals surface area contributed by atoms with Gasteiger partial charge in [0.2, 0.25) is 0 Å². The molecule has 1 fully saturated rings. The zero-order valence-corrected chi connectivity index (χ0v) is 11.9. The molecule has 0 saturated carbocycles. The Balaban J connectivity index is 2.10. The van der Waals surface area contributed by atoms with Crippen LogP contribution in [0.2, 0.25) is 0 Å². The molecule has 0 amide bonds. The summed E-state index contributed by atoms with van der Waals surface area (Å²) in [7, 11) is 0. The van der Waals surface area contributed by atoms with Crippen molar-refractivity contribution >= 4 is 28.4 Å². The third-order valence-electron chi connectivity index (χ3n) is 3.49. The second-order valence-electron chi connectivity index (χ2n) is 4.94. The molecule has 0 aliphatic carbocycles. The maximum Gasteiger partial charge on any atom is 0.0854 e. The Hall–Kier alpha value is -1.26. The van der Waals surface area contributed by atoms with Gasteiger partial charge >= 0.3 is 0 Å². The van der Waals surface area contributed by atoms with Crippen molar-refractivity contribution < 1.29 is 5.11 Å².